The Morgan fingerprint density at radius 1 is 1.17 bits per heavy atom. The Bertz CT molecular complexity index is 787. The third kappa shape index (κ3) is 2.68. The molecule has 3 heterocycles. The molecule has 1 aromatic heterocycles. The van der Waals surface area contributed by atoms with Crippen LogP contribution in [0.25, 0.3) is 10.9 Å². The van der Waals surface area contributed by atoms with Gasteiger partial charge >= 0.3 is 6.09 Å². The molecule has 4 rings (SSSR count). The molecule has 0 bridgehead atoms. The van der Waals surface area contributed by atoms with Crippen molar-refractivity contribution in [2.45, 2.75) is 52.2 Å². The van der Waals surface area contributed by atoms with Crippen molar-refractivity contribution in [2.24, 2.45) is 5.41 Å². The molecule has 128 valence electrons. The lowest BCUT2D eigenvalue weighted by atomic mass is 9.77. The number of aromatic nitrogens is 1. The maximum absolute atomic E-state index is 12.4. The molecule has 1 unspecified atom stereocenters. The number of amides is 1. The monoisotopic (exact) mass is 326 g/mol. The first kappa shape index (κ1) is 15.6. The maximum Gasteiger partial charge on any atom is 0.410 e. The van der Waals surface area contributed by atoms with E-state index in [1.54, 1.807) is 0 Å². The first-order valence-electron chi connectivity index (χ1n) is 8.90. The topological polar surface area (TPSA) is 34.5 Å². The summed E-state index contributed by atoms with van der Waals surface area (Å²) in [6.07, 6.45) is 3.11. The zero-order chi connectivity index (χ0) is 16.9. The van der Waals surface area contributed by atoms with Crippen molar-refractivity contribution in [2.75, 3.05) is 13.1 Å². The van der Waals surface area contributed by atoms with E-state index >= 15 is 0 Å². The fourth-order valence-electron chi connectivity index (χ4n) is 4.27. The number of ether oxygens (including phenoxy) is 1. The quantitative estimate of drug-likeness (QED) is 0.726. The number of para-hydroxylation sites is 1. The van der Waals surface area contributed by atoms with Crippen LogP contribution < -0.4 is 0 Å². The van der Waals surface area contributed by atoms with E-state index in [0.29, 0.717) is 0 Å². The van der Waals surface area contributed by atoms with Crippen molar-refractivity contribution in [3.8, 4) is 0 Å². The Morgan fingerprint density at radius 3 is 2.71 bits per heavy atom. The van der Waals surface area contributed by atoms with Crippen LogP contribution in [0.1, 0.15) is 39.3 Å². The fraction of sp³-hybridized carbons (Fsp3) is 0.550. The van der Waals surface area contributed by atoms with E-state index < -0.39 is 5.60 Å². The van der Waals surface area contributed by atoms with Gasteiger partial charge in [-0.05, 0) is 63.0 Å². The van der Waals surface area contributed by atoms with Crippen molar-refractivity contribution < 1.29 is 9.53 Å². The molecule has 1 saturated heterocycles. The summed E-state index contributed by atoms with van der Waals surface area (Å²) in [5.74, 6) is 0. The lowest BCUT2D eigenvalue weighted by Gasteiger charge is -2.35. The zero-order valence-corrected chi connectivity index (χ0v) is 14.8. The molecule has 2 aliphatic rings. The van der Waals surface area contributed by atoms with E-state index in [4.69, 9.17) is 4.74 Å². The Morgan fingerprint density at radius 2 is 1.92 bits per heavy atom. The average molecular weight is 326 g/mol. The van der Waals surface area contributed by atoms with Gasteiger partial charge in [-0.3, -0.25) is 0 Å². The number of likely N-dealkylation sites (tertiary alicyclic amines) is 1. The van der Waals surface area contributed by atoms with E-state index in [1.807, 2.05) is 25.7 Å². The number of nitrogens with zero attached hydrogens (tertiary/aromatic N) is 2. The van der Waals surface area contributed by atoms with Crippen molar-refractivity contribution in [1.29, 1.82) is 0 Å². The molecule has 1 aromatic carbocycles. The fourth-order valence-corrected chi connectivity index (χ4v) is 4.27. The second-order valence-corrected chi connectivity index (χ2v) is 8.42. The summed E-state index contributed by atoms with van der Waals surface area (Å²) in [7, 11) is 0. The summed E-state index contributed by atoms with van der Waals surface area (Å²) in [5.41, 5.74) is 2.55. The lowest BCUT2D eigenvalue weighted by Crippen LogP contribution is -2.39. The van der Waals surface area contributed by atoms with Crippen LogP contribution in [0.3, 0.4) is 0 Å². The van der Waals surface area contributed by atoms with Crippen LogP contribution in [0.5, 0.6) is 0 Å². The standard InChI is InChI=1S/C20H26N2O2/c1-19(2,3)24-18(23)21-10-8-20(14-21)9-11-22-16(13-20)12-15-6-4-5-7-17(15)22/h4-7,12H,8-11,13-14H2,1-3H3. The van der Waals surface area contributed by atoms with E-state index in [9.17, 15) is 4.79 Å². The second kappa shape index (κ2) is 5.27. The number of carbonyl (C=O) groups is 1. The van der Waals surface area contributed by atoms with Gasteiger partial charge in [-0.25, -0.2) is 4.79 Å². The van der Waals surface area contributed by atoms with Gasteiger partial charge < -0.3 is 14.2 Å². The highest BCUT2D eigenvalue weighted by molar-refractivity contribution is 5.81. The lowest BCUT2D eigenvalue weighted by molar-refractivity contribution is 0.0266. The summed E-state index contributed by atoms with van der Waals surface area (Å²) < 4.78 is 8.01. The smallest absolute Gasteiger partial charge is 0.410 e. The van der Waals surface area contributed by atoms with Gasteiger partial charge in [-0.1, -0.05) is 18.2 Å². The van der Waals surface area contributed by atoms with Gasteiger partial charge in [0.2, 0.25) is 0 Å². The van der Waals surface area contributed by atoms with Crippen molar-refractivity contribution in [3.05, 3.63) is 36.0 Å². The second-order valence-electron chi connectivity index (χ2n) is 8.42. The molecular formula is C20H26N2O2. The maximum atomic E-state index is 12.4. The van der Waals surface area contributed by atoms with E-state index in [-0.39, 0.29) is 11.5 Å². The predicted octanol–water partition coefficient (Wildman–Crippen LogP) is 4.21. The van der Waals surface area contributed by atoms with Crippen molar-refractivity contribution in [1.82, 2.24) is 9.47 Å². The highest BCUT2D eigenvalue weighted by atomic mass is 16.6. The molecule has 1 amide bonds. The van der Waals surface area contributed by atoms with Gasteiger partial charge in [0.25, 0.3) is 0 Å². The third-order valence-electron chi connectivity index (χ3n) is 5.41. The summed E-state index contributed by atoms with van der Waals surface area (Å²) >= 11 is 0. The highest BCUT2D eigenvalue weighted by Crippen LogP contribution is 2.42. The summed E-state index contributed by atoms with van der Waals surface area (Å²) in [6, 6.07) is 10.9. The largest absolute Gasteiger partial charge is 0.444 e. The average Bonchev–Trinajstić information content (AvgIpc) is 3.07. The number of benzene rings is 1. The molecule has 2 aromatic rings. The minimum Gasteiger partial charge on any atom is -0.444 e. The van der Waals surface area contributed by atoms with E-state index in [1.165, 1.54) is 16.6 Å². The summed E-state index contributed by atoms with van der Waals surface area (Å²) in [4.78, 5) is 14.3. The van der Waals surface area contributed by atoms with Crippen LogP contribution in [-0.4, -0.2) is 34.3 Å². The molecule has 1 spiro atoms. The van der Waals surface area contributed by atoms with Crippen LogP contribution in [0.2, 0.25) is 0 Å². The van der Waals surface area contributed by atoms with Crippen molar-refractivity contribution in [3.63, 3.8) is 0 Å². The number of hydrogen-bond donors (Lipinski definition) is 0. The van der Waals surface area contributed by atoms with Crippen LogP contribution in [0, 0.1) is 5.41 Å². The van der Waals surface area contributed by atoms with Gasteiger partial charge in [0.15, 0.2) is 0 Å². The van der Waals surface area contributed by atoms with E-state index in [2.05, 4.69) is 34.9 Å². The first-order chi connectivity index (χ1) is 11.4. The molecule has 4 heteroatoms. The molecule has 0 saturated carbocycles. The molecule has 0 radical (unpaired) electrons. The molecular weight excluding hydrogens is 300 g/mol. The molecule has 2 aliphatic heterocycles. The van der Waals surface area contributed by atoms with Crippen molar-refractivity contribution >= 4 is 17.0 Å². The van der Waals surface area contributed by atoms with Gasteiger partial charge in [-0.15, -0.1) is 0 Å². The van der Waals surface area contributed by atoms with Crippen LogP contribution in [0.4, 0.5) is 4.79 Å². The molecule has 4 nitrogen and oxygen atoms in total. The van der Waals surface area contributed by atoms with Crippen LogP contribution in [0.15, 0.2) is 30.3 Å². The Labute approximate surface area is 143 Å². The first-order valence-corrected chi connectivity index (χ1v) is 8.90. The van der Waals surface area contributed by atoms with Gasteiger partial charge in [0.05, 0.1) is 0 Å². The number of hydrogen-bond acceptors (Lipinski definition) is 2. The zero-order valence-electron chi connectivity index (χ0n) is 14.8. The van der Waals surface area contributed by atoms with E-state index in [0.717, 1.165) is 38.9 Å². The minimum absolute atomic E-state index is 0.162. The SMILES string of the molecule is CC(C)(C)OC(=O)N1CCC2(CCn3c(cc4ccccc43)C2)C1. The van der Waals surface area contributed by atoms with Gasteiger partial charge in [0.1, 0.15) is 5.60 Å². The summed E-state index contributed by atoms with van der Waals surface area (Å²) in [6.45, 7) is 8.46. The molecule has 24 heavy (non-hydrogen) atoms. The Kier molecular flexibility index (Phi) is 3.41. The van der Waals surface area contributed by atoms with Crippen LogP contribution >= 0.6 is 0 Å². The van der Waals surface area contributed by atoms with Gasteiger partial charge in [0, 0.05) is 30.8 Å². The predicted molar refractivity (Wildman–Crippen MR) is 95.1 cm³/mol. The summed E-state index contributed by atoms with van der Waals surface area (Å²) in [5, 5.41) is 1.33. The highest BCUT2D eigenvalue weighted by Gasteiger charge is 2.43. The number of carbonyl (C=O) groups excluding carboxylic acids is 1. The number of aryl methyl sites for hydroxylation is 1. The van der Waals surface area contributed by atoms with Gasteiger partial charge in [-0.2, -0.15) is 0 Å². The number of fused-ring (bicyclic) bond motifs is 3. The number of rotatable bonds is 0. The molecule has 1 fully saturated rings. The molecule has 1 atom stereocenters. The molecule has 0 N–H and O–H groups in total. The van der Waals surface area contributed by atoms with Crippen LogP contribution in [-0.2, 0) is 17.7 Å². The normalized spacial score (nSPS) is 23.7. The minimum atomic E-state index is -0.425. The Balaban J connectivity index is 1.53. The molecule has 0 aliphatic carbocycles. The Hall–Kier alpha value is -1.97. The third-order valence-corrected chi connectivity index (χ3v) is 5.41.